The molecule has 1 aliphatic carbocycles. The normalized spacial score (nSPS) is 17.0. The lowest BCUT2D eigenvalue weighted by Crippen LogP contribution is -2.44. The van der Waals surface area contributed by atoms with E-state index in [1.807, 2.05) is 11.6 Å². The molecule has 1 saturated carbocycles. The molecule has 6 nitrogen and oxygen atoms in total. The van der Waals surface area contributed by atoms with Gasteiger partial charge in [0.05, 0.1) is 23.2 Å². The van der Waals surface area contributed by atoms with Crippen molar-refractivity contribution in [3.05, 3.63) is 17.5 Å². The summed E-state index contributed by atoms with van der Waals surface area (Å²) >= 11 is 0. The Kier molecular flexibility index (Phi) is 6.02. The molecule has 1 aromatic rings. The van der Waals surface area contributed by atoms with Crippen molar-refractivity contribution >= 4 is 11.9 Å². The molecule has 134 valence electrons. The molecular weight excluding hydrogens is 306 g/mol. The molecule has 0 spiro atoms. The molecule has 24 heavy (non-hydrogen) atoms. The highest BCUT2D eigenvalue weighted by molar-refractivity contribution is 5.95. The maximum absolute atomic E-state index is 12.5. The number of carboxylic acids is 1. The van der Waals surface area contributed by atoms with Crippen molar-refractivity contribution in [2.24, 2.45) is 5.41 Å². The van der Waals surface area contributed by atoms with Gasteiger partial charge in [-0.3, -0.25) is 14.3 Å². The Bertz CT molecular complexity index is 584. The quantitative estimate of drug-likeness (QED) is 0.800. The van der Waals surface area contributed by atoms with Crippen LogP contribution in [0.2, 0.25) is 0 Å². The first-order valence-corrected chi connectivity index (χ1v) is 9.01. The van der Waals surface area contributed by atoms with Crippen LogP contribution in [-0.2, 0) is 4.79 Å². The van der Waals surface area contributed by atoms with Gasteiger partial charge in [-0.15, -0.1) is 0 Å². The number of amides is 1. The Labute approximate surface area is 143 Å². The molecule has 1 amide bonds. The van der Waals surface area contributed by atoms with Gasteiger partial charge < -0.3 is 10.4 Å². The predicted molar refractivity (Wildman–Crippen MR) is 92.1 cm³/mol. The van der Waals surface area contributed by atoms with Gasteiger partial charge in [0.2, 0.25) is 0 Å². The molecule has 0 aliphatic heterocycles. The minimum atomic E-state index is -0.812. The Hall–Kier alpha value is -1.85. The number of carbonyl (C=O) groups excluding carboxylic acids is 1. The van der Waals surface area contributed by atoms with Gasteiger partial charge in [-0.1, -0.05) is 33.1 Å². The highest BCUT2D eigenvalue weighted by Gasteiger charge is 2.40. The van der Waals surface area contributed by atoms with E-state index in [9.17, 15) is 14.7 Å². The minimum absolute atomic E-state index is 0.191. The average Bonchev–Trinajstić information content (AvgIpc) is 2.96. The summed E-state index contributed by atoms with van der Waals surface area (Å²) in [5, 5.41) is 16.8. The van der Waals surface area contributed by atoms with Crippen LogP contribution in [-0.4, -0.2) is 33.3 Å². The van der Waals surface area contributed by atoms with Crippen LogP contribution in [0.3, 0.4) is 0 Å². The van der Waals surface area contributed by atoms with Gasteiger partial charge in [-0.25, -0.2) is 0 Å². The SMILES string of the molecule is CCC(CC)n1ncc(C(=O)NCC2(C(=O)O)CCCCC2)c1C. The molecule has 1 fully saturated rings. The first-order valence-electron chi connectivity index (χ1n) is 9.01. The van der Waals surface area contributed by atoms with Crippen LogP contribution in [0, 0.1) is 12.3 Å². The van der Waals surface area contributed by atoms with Crippen molar-refractivity contribution in [2.45, 2.75) is 71.8 Å². The first-order chi connectivity index (χ1) is 11.4. The van der Waals surface area contributed by atoms with Crippen LogP contribution in [0.15, 0.2) is 6.20 Å². The van der Waals surface area contributed by atoms with E-state index in [-0.39, 0.29) is 18.5 Å². The first kappa shape index (κ1) is 18.5. The molecule has 1 aliphatic rings. The van der Waals surface area contributed by atoms with Crippen LogP contribution < -0.4 is 5.32 Å². The number of aliphatic carboxylic acids is 1. The number of rotatable bonds is 7. The van der Waals surface area contributed by atoms with Gasteiger partial charge in [0, 0.05) is 12.2 Å². The maximum atomic E-state index is 12.5. The zero-order valence-corrected chi connectivity index (χ0v) is 15.0. The molecule has 6 heteroatoms. The number of carbonyl (C=O) groups is 2. The van der Waals surface area contributed by atoms with Crippen molar-refractivity contribution < 1.29 is 14.7 Å². The number of hydrogen-bond donors (Lipinski definition) is 2. The molecule has 0 atom stereocenters. The van der Waals surface area contributed by atoms with E-state index in [0.29, 0.717) is 18.4 Å². The molecule has 0 unspecified atom stereocenters. The van der Waals surface area contributed by atoms with Gasteiger partial charge in [0.15, 0.2) is 0 Å². The third kappa shape index (κ3) is 3.62. The maximum Gasteiger partial charge on any atom is 0.311 e. The molecule has 2 rings (SSSR count). The average molecular weight is 335 g/mol. The highest BCUT2D eigenvalue weighted by Crippen LogP contribution is 2.36. The molecule has 0 saturated heterocycles. The number of nitrogens with one attached hydrogen (secondary N) is 1. The lowest BCUT2D eigenvalue weighted by Gasteiger charge is -2.33. The van der Waals surface area contributed by atoms with Crippen LogP contribution >= 0.6 is 0 Å². The molecular formula is C18H29N3O3. The summed E-state index contributed by atoms with van der Waals surface area (Å²) in [5.74, 6) is -1.03. The summed E-state index contributed by atoms with van der Waals surface area (Å²) < 4.78 is 1.91. The minimum Gasteiger partial charge on any atom is -0.481 e. The summed E-state index contributed by atoms with van der Waals surface area (Å²) in [6.45, 7) is 6.30. The van der Waals surface area contributed by atoms with E-state index in [1.165, 1.54) is 0 Å². The van der Waals surface area contributed by atoms with Crippen molar-refractivity contribution in [1.82, 2.24) is 15.1 Å². The summed E-state index contributed by atoms with van der Waals surface area (Å²) in [6.07, 6.45) is 7.68. The Morgan fingerprint density at radius 2 is 1.92 bits per heavy atom. The van der Waals surface area contributed by atoms with Crippen molar-refractivity contribution in [3.63, 3.8) is 0 Å². The smallest absolute Gasteiger partial charge is 0.311 e. The van der Waals surface area contributed by atoms with Crippen LogP contribution in [0.25, 0.3) is 0 Å². The van der Waals surface area contributed by atoms with Gasteiger partial charge in [0.25, 0.3) is 5.91 Å². The molecule has 2 N–H and O–H groups in total. The summed E-state index contributed by atoms with van der Waals surface area (Å²) in [5.41, 5.74) is 0.570. The number of nitrogens with zero attached hydrogens (tertiary/aromatic N) is 2. The van der Waals surface area contributed by atoms with Gasteiger partial charge in [-0.2, -0.15) is 5.10 Å². The third-order valence-corrected chi connectivity index (χ3v) is 5.43. The third-order valence-electron chi connectivity index (χ3n) is 5.43. The van der Waals surface area contributed by atoms with Crippen LogP contribution in [0.1, 0.15) is 80.9 Å². The van der Waals surface area contributed by atoms with Crippen molar-refractivity contribution in [3.8, 4) is 0 Å². The summed E-state index contributed by atoms with van der Waals surface area (Å²) in [6, 6.07) is 0.287. The molecule has 0 radical (unpaired) electrons. The fraction of sp³-hybridized carbons (Fsp3) is 0.722. The Morgan fingerprint density at radius 3 is 2.46 bits per heavy atom. The molecule has 0 bridgehead atoms. The van der Waals surface area contributed by atoms with E-state index >= 15 is 0 Å². The lowest BCUT2D eigenvalue weighted by atomic mass is 9.74. The van der Waals surface area contributed by atoms with E-state index in [0.717, 1.165) is 37.8 Å². The van der Waals surface area contributed by atoms with E-state index in [2.05, 4.69) is 24.3 Å². The highest BCUT2D eigenvalue weighted by atomic mass is 16.4. The second-order valence-corrected chi connectivity index (χ2v) is 6.89. The fourth-order valence-corrected chi connectivity index (χ4v) is 3.69. The lowest BCUT2D eigenvalue weighted by molar-refractivity contribution is -0.150. The second-order valence-electron chi connectivity index (χ2n) is 6.89. The predicted octanol–water partition coefficient (Wildman–Crippen LogP) is 3.32. The van der Waals surface area contributed by atoms with E-state index in [1.54, 1.807) is 6.20 Å². The summed E-state index contributed by atoms with van der Waals surface area (Å²) in [7, 11) is 0. The van der Waals surface area contributed by atoms with Crippen LogP contribution in [0.5, 0.6) is 0 Å². The number of hydrogen-bond acceptors (Lipinski definition) is 3. The molecule has 1 heterocycles. The van der Waals surface area contributed by atoms with Crippen molar-refractivity contribution in [2.75, 3.05) is 6.54 Å². The zero-order valence-electron chi connectivity index (χ0n) is 15.0. The monoisotopic (exact) mass is 335 g/mol. The van der Waals surface area contributed by atoms with Crippen molar-refractivity contribution in [1.29, 1.82) is 0 Å². The van der Waals surface area contributed by atoms with Crippen LogP contribution in [0.4, 0.5) is 0 Å². The van der Waals surface area contributed by atoms with Gasteiger partial charge in [0.1, 0.15) is 0 Å². The molecule has 1 aromatic heterocycles. The largest absolute Gasteiger partial charge is 0.481 e. The topological polar surface area (TPSA) is 84.2 Å². The van der Waals surface area contributed by atoms with Gasteiger partial charge in [-0.05, 0) is 32.6 Å². The van der Waals surface area contributed by atoms with E-state index in [4.69, 9.17) is 0 Å². The standard InChI is InChI=1S/C18H29N3O3/c1-4-14(5-2)21-13(3)15(11-20-21)16(22)19-12-18(17(23)24)9-7-6-8-10-18/h11,14H,4-10,12H2,1-3H3,(H,19,22)(H,23,24). The zero-order chi connectivity index (χ0) is 17.7. The number of aromatic nitrogens is 2. The second kappa shape index (κ2) is 7.81. The fourth-order valence-electron chi connectivity index (χ4n) is 3.69. The summed E-state index contributed by atoms with van der Waals surface area (Å²) in [4.78, 5) is 24.2. The molecule has 0 aromatic carbocycles. The Morgan fingerprint density at radius 1 is 1.29 bits per heavy atom. The van der Waals surface area contributed by atoms with Gasteiger partial charge >= 0.3 is 5.97 Å². The Balaban J connectivity index is 2.08. The number of carboxylic acid groups (broad SMARTS) is 1. The van der Waals surface area contributed by atoms with E-state index < -0.39 is 11.4 Å².